The van der Waals surface area contributed by atoms with E-state index < -0.39 is 12.6 Å². The van der Waals surface area contributed by atoms with E-state index >= 15 is 0 Å². The zero-order valence-electron chi connectivity index (χ0n) is 17.9. The lowest BCUT2D eigenvalue weighted by Gasteiger charge is -2.25. The molecule has 11 heteroatoms. The van der Waals surface area contributed by atoms with Crippen molar-refractivity contribution in [1.29, 1.82) is 0 Å². The molecule has 0 unspecified atom stereocenters. The average molecular weight is 490 g/mol. The fraction of sp³-hybridized carbons (Fsp3) is 0.429. The van der Waals surface area contributed by atoms with E-state index in [-0.39, 0.29) is 19.5 Å². The minimum absolute atomic E-state index is 0.0599. The monoisotopic (exact) mass is 489 g/mol. The van der Waals surface area contributed by atoms with E-state index in [1.807, 2.05) is 6.92 Å². The third-order valence-electron chi connectivity index (χ3n) is 4.99. The van der Waals surface area contributed by atoms with Crippen molar-refractivity contribution in [2.75, 3.05) is 31.6 Å². The van der Waals surface area contributed by atoms with Gasteiger partial charge in [-0.3, -0.25) is 0 Å². The second-order valence-corrected chi connectivity index (χ2v) is 8.23. The van der Waals surface area contributed by atoms with E-state index in [0.29, 0.717) is 56.3 Å². The molecule has 2 N–H and O–H groups in total. The maximum absolute atomic E-state index is 12.7. The quantitative estimate of drug-likeness (QED) is 0.456. The Morgan fingerprint density at radius 2 is 1.75 bits per heavy atom. The highest BCUT2D eigenvalue weighted by Crippen LogP contribution is 2.41. The van der Waals surface area contributed by atoms with Crippen LogP contribution in [0, 0.1) is 13.8 Å². The van der Waals surface area contributed by atoms with E-state index in [1.165, 1.54) is 7.11 Å². The molecular weight excluding hydrogens is 466 g/mol. The molecule has 0 radical (unpaired) electrons. The van der Waals surface area contributed by atoms with Crippen molar-refractivity contribution >= 4 is 34.7 Å². The molecule has 0 bridgehead atoms. The lowest BCUT2D eigenvalue weighted by atomic mass is 10.1. The van der Waals surface area contributed by atoms with Crippen molar-refractivity contribution in [3.63, 3.8) is 0 Å². The van der Waals surface area contributed by atoms with Crippen molar-refractivity contribution in [1.82, 2.24) is 14.6 Å². The molecule has 0 saturated carbocycles. The number of halogens is 5. The van der Waals surface area contributed by atoms with Gasteiger partial charge in [0, 0.05) is 43.4 Å². The molecule has 2 aromatic heterocycles. The van der Waals surface area contributed by atoms with Crippen molar-refractivity contribution in [3.8, 4) is 16.9 Å². The number of aryl methyl sites for hydroxylation is 2. The van der Waals surface area contributed by atoms with Gasteiger partial charge in [0.25, 0.3) is 0 Å². The summed E-state index contributed by atoms with van der Waals surface area (Å²) in [6.45, 7) is 4.43. The first-order valence-corrected chi connectivity index (χ1v) is 10.7. The zero-order valence-corrected chi connectivity index (χ0v) is 19.4. The molecule has 3 rings (SSSR count). The van der Waals surface area contributed by atoms with Crippen molar-refractivity contribution < 1.29 is 17.9 Å². The lowest BCUT2D eigenvalue weighted by Crippen LogP contribution is -2.33. The number of fused-ring (bicyclic) bond motifs is 1. The molecule has 3 aromatic rings. The van der Waals surface area contributed by atoms with Crippen LogP contribution in [0.5, 0.6) is 5.75 Å². The number of anilines is 1. The summed E-state index contributed by atoms with van der Waals surface area (Å²) in [4.78, 5) is 6.43. The van der Waals surface area contributed by atoms with Crippen LogP contribution in [0.15, 0.2) is 18.2 Å². The Bertz CT molecular complexity index is 1090. The van der Waals surface area contributed by atoms with Gasteiger partial charge in [0.15, 0.2) is 5.65 Å². The van der Waals surface area contributed by atoms with E-state index in [9.17, 15) is 13.2 Å². The Labute approximate surface area is 194 Å². The van der Waals surface area contributed by atoms with Crippen molar-refractivity contribution in [2.24, 2.45) is 5.73 Å². The Kier molecular flexibility index (Phi) is 7.42. The standard InChI is InChI=1S/C21H24Cl2F3N5O/c1-12-9-17(30(8-6-27)7-4-5-21(24,25)26)31-20(28-12)18(13(2)29-31)19-15(22)10-14(32-3)11-16(19)23/h9-11H,4-8,27H2,1-3H3. The van der Waals surface area contributed by atoms with Crippen LogP contribution in [-0.2, 0) is 0 Å². The minimum Gasteiger partial charge on any atom is -0.497 e. The van der Waals surface area contributed by atoms with Gasteiger partial charge in [-0.15, -0.1) is 0 Å². The second-order valence-electron chi connectivity index (χ2n) is 7.41. The van der Waals surface area contributed by atoms with Crippen LogP contribution in [0.1, 0.15) is 24.2 Å². The van der Waals surface area contributed by atoms with E-state index in [4.69, 9.17) is 33.7 Å². The molecule has 32 heavy (non-hydrogen) atoms. The number of hydrogen-bond donors (Lipinski definition) is 1. The smallest absolute Gasteiger partial charge is 0.389 e. The first-order valence-electron chi connectivity index (χ1n) is 9.98. The third-order valence-corrected chi connectivity index (χ3v) is 5.58. The summed E-state index contributed by atoms with van der Waals surface area (Å²) in [5.74, 6) is 1.12. The number of aromatic nitrogens is 3. The summed E-state index contributed by atoms with van der Waals surface area (Å²) in [6, 6.07) is 5.09. The highest BCUT2D eigenvalue weighted by molar-refractivity contribution is 6.39. The van der Waals surface area contributed by atoms with Crippen LogP contribution in [0.4, 0.5) is 19.0 Å². The van der Waals surface area contributed by atoms with Crippen molar-refractivity contribution in [3.05, 3.63) is 39.6 Å². The topological polar surface area (TPSA) is 68.7 Å². The number of benzene rings is 1. The number of nitrogens with two attached hydrogens (primary N) is 1. The van der Waals surface area contributed by atoms with Gasteiger partial charge in [-0.05, 0) is 32.4 Å². The third kappa shape index (κ3) is 5.22. The zero-order chi connectivity index (χ0) is 23.6. The number of hydrogen-bond acceptors (Lipinski definition) is 5. The Morgan fingerprint density at radius 3 is 2.31 bits per heavy atom. The van der Waals surface area contributed by atoms with Crippen LogP contribution in [0.25, 0.3) is 16.8 Å². The van der Waals surface area contributed by atoms with Gasteiger partial charge in [-0.25, -0.2) is 4.98 Å². The molecule has 174 valence electrons. The maximum Gasteiger partial charge on any atom is 0.389 e. The van der Waals surface area contributed by atoms with Crippen LogP contribution in [0.2, 0.25) is 10.0 Å². The summed E-state index contributed by atoms with van der Waals surface area (Å²) >= 11 is 13.0. The summed E-state index contributed by atoms with van der Waals surface area (Å²) < 4.78 is 44.9. The lowest BCUT2D eigenvalue weighted by molar-refractivity contribution is -0.135. The van der Waals surface area contributed by atoms with E-state index in [2.05, 4.69) is 10.1 Å². The molecule has 0 atom stereocenters. The average Bonchev–Trinajstić information content (AvgIpc) is 3.01. The minimum atomic E-state index is -4.21. The molecule has 0 saturated heterocycles. The predicted octanol–water partition coefficient (Wildman–Crippen LogP) is 5.44. The van der Waals surface area contributed by atoms with Gasteiger partial charge in [-0.2, -0.15) is 22.8 Å². The number of rotatable bonds is 8. The second kappa shape index (κ2) is 9.72. The summed E-state index contributed by atoms with van der Waals surface area (Å²) in [5, 5.41) is 5.37. The molecule has 2 heterocycles. The largest absolute Gasteiger partial charge is 0.497 e. The Morgan fingerprint density at radius 1 is 1.09 bits per heavy atom. The summed E-state index contributed by atoms with van der Waals surface area (Å²) in [5.41, 5.74) is 8.76. The first-order chi connectivity index (χ1) is 15.1. The molecule has 0 amide bonds. The van der Waals surface area contributed by atoms with Crippen molar-refractivity contribution in [2.45, 2.75) is 32.9 Å². The summed E-state index contributed by atoms with van der Waals surface area (Å²) in [6.07, 6.45) is -5.15. The first kappa shape index (κ1) is 24.4. The van der Waals surface area contributed by atoms with Gasteiger partial charge < -0.3 is 15.4 Å². The highest BCUT2D eigenvalue weighted by atomic mass is 35.5. The number of alkyl halides is 3. The number of methoxy groups -OCH3 is 1. The number of nitrogens with zero attached hydrogens (tertiary/aromatic N) is 4. The predicted molar refractivity (Wildman–Crippen MR) is 121 cm³/mol. The van der Waals surface area contributed by atoms with Gasteiger partial charge in [-0.1, -0.05) is 23.2 Å². The maximum atomic E-state index is 12.7. The van der Waals surface area contributed by atoms with Gasteiger partial charge in [0.05, 0.1) is 28.4 Å². The molecule has 0 aliphatic heterocycles. The summed E-state index contributed by atoms with van der Waals surface area (Å²) in [7, 11) is 1.52. The van der Waals surface area contributed by atoms with E-state index in [1.54, 1.807) is 34.5 Å². The van der Waals surface area contributed by atoms with Crippen LogP contribution in [0.3, 0.4) is 0 Å². The molecule has 6 nitrogen and oxygen atoms in total. The molecule has 0 fully saturated rings. The molecule has 1 aromatic carbocycles. The van der Waals surface area contributed by atoms with Crippen LogP contribution in [-0.4, -0.2) is 47.5 Å². The molecule has 0 spiro atoms. The normalized spacial score (nSPS) is 11.9. The van der Waals surface area contributed by atoms with Gasteiger partial charge in [0.2, 0.25) is 0 Å². The Hall–Kier alpha value is -2.23. The van der Waals surface area contributed by atoms with Gasteiger partial charge in [0.1, 0.15) is 11.6 Å². The fourth-order valence-electron chi connectivity index (χ4n) is 3.62. The SMILES string of the molecule is COc1cc(Cl)c(-c2c(C)nn3c(N(CCN)CCCC(F)(F)F)cc(C)nc23)c(Cl)c1. The fourth-order valence-corrected chi connectivity index (χ4v) is 4.27. The Balaban J connectivity index is 2.14. The number of ether oxygens (including phenoxy) is 1. The molecular formula is C21H24Cl2F3N5O. The highest BCUT2D eigenvalue weighted by Gasteiger charge is 2.27. The molecule has 0 aliphatic rings. The van der Waals surface area contributed by atoms with Crippen LogP contribution < -0.4 is 15.4 Å². The van der Waals surface area contributed by atoms with Gasteiger partial charge >= 0.3 is 6.18 Å². The van der Waals surface area contributed by atoms with E-state index in [0.717, 1.165) is 0 Å². The molecule has 0 aliphatic carbocycles. The van der Waals surface area contributed by atoms with Crippen LogP contribution >= 0.6 is 23.2 Å².